The van der Waals surface area contributed by atoms with Crippen LogP contribution in [0.2, 0.25) is 0 Å². The van der Waals surface area contributed by atoms with Gasteiger partial charge in [0.05, 0.1) is 25.4 Å². The number of rotatable bonds is 50. The second-order valence-electron chi connectivity index (χ2n) is 20.4. The number of hydrogen-bond donors (Lipinski definition) is 6. The van der Waals surface area contributed by atoms with E-state index in [9.17, 15) is 30.3 Å². The van der Waals surface area contributed by atoms with Crippen molar-refractivity contribution in [3.8, 4) is 0 Å². The summed E-state index contributed by atoms with van der Waals surface area (Å²) >= 11 is 0. The van der Waals surface area contributed by atoms with E-state index in [2.05, 4.69) is 104 Å². The summed E-state index contributed by atoms with van der Waals surface area (Å²) in [6, 6.07) is -0.808. The van der Waals surface area contributed by atoms with E-state index in [1.54, 1.807) is 6.08 Å². The Kier molecular flexibility index (Phi) is 49.0. The number of allylic oxidation sites excluding steroid dienone is 15. The Morgan fingerprint density at radius 2 is 0.849 bits per heavy atom. The second kappa shape index (κ2) is 52.5. The van der Waals surface area contributed by atoms with Crippen LogP contribution in [-0.4, -0.2) is 87.5 Å². The van der Waals surface area contributed by atoms with Crippen molar-refractivity contribution in [3.05, 3.63) is 97.2 Å². The van der Waals surface area contributed by atoms with Crippen LogP contribution in [0.25, 0.3) is 0 Å². The van der Waals surface area contributed by atoms with E-state index in [1.165, 1.54) is 141 Å². The van der Waals surface area contributed by atoms with Crippen LogP contribution in [0.5, 0.6) is 0 Å². The van der Waals surface area contributed by atoms with Gasteiger partial charge in [0.2, 0.25) is 5.91 Å². The van der Waals surface area contributed by atoms with E-state index >= 15 is 0 Å². The van der Waals surface area contributed by atoms with E-state index in [0.717, 1.165) is 83.5 Å². The normalized spacial score (nSPS) is 19.8. The minimum atomic E-state index is -1.57. The number of amides is 1. The summed E-state index contributed by atoms with van der Waals surface area (Å²) < 4.78 is 11.3. The fourth-order valence-electron chi connectivity index (χ4n) is 8.96. The average Bonchev–Trinajstić information content (AvgIpc) is 3.39. The lowest BCUT2D eigenvalue weighted by Crippen LogP contribution is -2.60. The van der Waals surface area contributed by atoms with Gasteiger partial charge in [0, 0.05) is 6.42 Å². The molecule has 0 radical (unpaired) electrons. The lowest BCUT2D eigenvalue weighted by molar-refractivity contribution is -0.302. The molecule has 0 aromatic heterocycles. The molecule has 1 fully saturated rings. The maximum Gasteiger partial charge on any atom is 0.220 e. The Morgan fingerprint density at radius 1 is 0.479 bits per heavy atom. The monoisotopic (exact) mass is 1020 g/mol. The van der Waals surface area contributed by atoms with E-state index in [1.807, 2.05) is 6.08 Å². The van der Waals surface area contributed by atoms with Crippen LogP contribution >= 0.6 is 0 Å². The Morgan fingerprint density at radius 3 is 1.26 bits per heavy atom. The number of aliphatic hydroxyl groups excluding tert-OH is 5. The fourth-order valence-corrected chi connectivity index (χ4v) is 8.96. The zero-order valence-corrected chi connectivity index (χ0v) is 46.6. The van der Waals surface area contributed by atoms with Crippen molar-refractivity contribution >= 4 is 5.91 Å². The minimum Gasteiger partial charge on any atom is -0.394 e. The van der Waals surface area contributed by atoms with Gasteiger partial charge in [-0.25, -0.2) is 0 Å². The molecule has 1 rings (SSSR count). The lowest BCUT2D eigenvalue weighted by Gasteiger charge is -2.40. The molecule has 9 nitrogen and oxygen atoms in total. The number of carbonyl (C=O) groups is 1. The van der Waals surface area contributed by atoms with Crippen molar-refractivity contribution in [2.45, 2.75) is 288 Å². The molecular formula is C64H111NO8. The number of unbranched alkanes of at least 4 members (excludes halogenated alkanes) is 26. The molecule has 73 heavy (non-hydrogen) atoms. The molecule has 0 aliphatic carbocycles. The first-order valence-electron chi connectivity index (χ1n) is 30.0. The molecule has 6 N–H and O–H groups in total. The highest BCUT2D eigenvalue weighted by atomic mass is 16.7. The zero-order valence-electron chi connectivity index (χ0n) is 46.6. The highest BCUT2D eigenvalue weighted by Gasteiger charge is 2.44. The summed E-state index contributed by atoms with van der Waals surface area (Å²) in [5.41, 5.74) is 0. The van der Waals surface area contributed by atoms with Gasteiger partial charge in [-0.1, -0.05) is 259 Å². The summed E-state index contributed by atoms with van der Waals surface area (Å²) in [6.07, 6.45) is 69.1. The van der Waals surface area contributed by atoms with Gasteiger partial charge < -0.3 is 40.3 Å². The Labute approximate surface area is 447 Å². The van der Waals surface area contributed by atoms with Crippen LogP contribution < -0.4 is 5.32 Å². The number of carbonyl (C=O) groups excluding carboxylic acids is 1. The van der Waals surface area contributed by atoms with E-state index in [4.69, 9.17) is 9.47 Å². The molecule has 1 saturated heterocycles. The molecule has 7 unspecified atom stereocenters. The molecule has 0 bridgehead atoms. The largest absolute Gasteiger partial charge is 0.394 e. The van der Waals surface area contributed by atoms with Gasteiger partial charge in [-0.2, -0.15) is 0 Å². The first-order chi connectivity index (χ1) is 35.8. The molecular weight excluding hydrogens is 911 g/mol. The molecule has 0 aromatic carbocycles. The number of hydrogen-bond acceptors (Lipinski definition) is 8. The Bertz CT molecular complexity index is 1460. The van der Waals surface area contributed by atoms with Gasteiger partial charge in [-0.05, 0) is 77.0 Å². The van der Waals surface area contributed by atoms with Crippen molar-refractivity contribution in [2.24, 2.45) is 0 Å². The first-order valence-corrected chi connectivity index (χ1v) is 30.0. The van der Waals surface area contributed by atoms with Crippen molar-refractivity contribution in [1.29, 1.82) is 0 Å². The van der Waals surface area contributed by atoms with Crippen LogP contribution in [0.4, 0.5) is 0 Å². The smallest absolute Gasteiger partial charge is 0.220 e. The maximum atomic E-state index is 13.0. The molecule has 1 aliphatic rings. The van der Waals surface area contributed by atoms with Crippen LogP contribution in [0, 0.1) is 0 Å². The summed E-state index contributed by atoms with van der Waals surface area (Å²) in [5, 5.41) is 54.4. The molecule has 9 heteroatoms. The molecule has 0 aromatic rings. The predicted molar refractivity (Wildman–Crippen MR) is 308 cm³/mol. The van der Waals surface area contributed by atoms with Crippen molar-refractivity contribution < 1.29 is 39.8 Å². The third-order valence-electron chi connectivity index (χ3n) is 13.7. The van der Waals surface area contributed by atoms with Gasteiger partial charge in [-0.15, -0.1) is 0 Å². The fraction of sp³-hybridized carbons (Fsp3) is 0.734. The van der Waals surface area contributed by atoms with Gasteiger partial charge in [-0.3, -0.25) is 4.79 Å². The highest BCUT2D eigenvalue weighted by molar-refractivity contribution is 5.76. The summed E-state index contributed by atoms with van der Waals surface area (Å²) in [5.74, 6) is -0.180. The molecule has 1 heterocycles. The summed E-state index contributed by atoms with van der Waals surface area (Å²) in [6.45, 7) is 3.66. The zero-order chi connectivity index (χ0) is 52.9. The van der Waals surface area contributed by atoms with E-state index < -0.39 is 49.5 Å². The predicted octanol–water partition coefficient (Wildman–Crippen LogP) is 15.2. The van der Waals surface area contributed by atoms with Crippen molar-refractivity contribution in [1.82, 2.24) is 5.32 Å². The van der Waals surface area contributed by atoms with Crippen molar-refractivity contribution in [3.63, 3.8) is 0 Å². The maximum absolute atomic E-state index is 13.0. The molecule has 1 amide bonds. The third-order valence-corrected chi connectivity index (χ3v) is 13.7. The Hall–Kier alpha value is -2.89. The molecule has 1 aliphatic heterocycles. The van der Waals surface area contributed by atoms with Gasteiger partial charge in [0.15, 0.2) is 6.29 Å². The SMILES string of the molecule is CC/C=C\C/C=C\C/C=C\C/C=C\C/C=C\C/C=C\C/C=C\CCCCCCCCCCCCCCCCCC(=O)NC(COC1OC(CO)C(O)C(O)C1O)C(O)/C=C/CCCCCCCCCCCCC. The molecule has 0 saturated carbocycles. The third kappa shape index (κ3) is 42.0. The van der Waals surface area contributed by atoms with Crippen LogP contribution in [0.15, 0.2) is 97.2 Å². The quantitative estimate of drug-likeness (QED) is 0.0261. The van der Waals surface area contributed by atoms with E-state index in [-0.39, 0.29) is 12.5 Å². The van der Waals surface area contributed by atoms with Crippen LogP contribution in [0.1, 0.15) is 245 Å². The molecule has 7 atom stereocenters. The standard InChI is InChI=1S/C64H111NO8/c1-3-5-7-9-11-13-15-17-18-19-20-21-22-23-24-25-26-27-28-29-30-31-32-33-34-35-36-37-38-39-40-42-44-46-48-50-52-54-60(68)65-57(56-72-64-63(71)62(70)61(69)59(55-66)73-64)58(67)53-51-49-47-45-43-41-16-14-12-10-8-6-4-2/h5,7,11,13,17-18,20-21,23-24,26-27,29-30,51,53,57-59,61-64,66-67,69-71H,3-4,6,8-10,12,14-16,19,22,25,28,31-50,52,54-56H2,1-2H3,(H,65,68)/b7-5-,13-11-,18-17-,21-20-,24-23-,27-26-,30-29-,53-51+. The highest BCUT2D eigenvalue weighted by Crippen LogP contribution is 2.23. The van der Waals surface area contributed by atoms with Crippen molar-refractivity contribution in [2.75, 3.05) is 13.2 Å². The lowest BCUT2D eigenvalue weighted by atomic mass is 9.99. The average molecular weight is 1020 g/mol. The summed E-state index contributed by atoms with van der Waals surface area (Å²) in [4.78, 5) is 13.0. The van der Waals surface area contributed by atoms with Gasteiger partial charge in [0.25, 0.3) is 0 Å². The van der Waals surface area contributed by atoms with Gasteiger partial charge >= 0.3 is 0 Å². The first kappa shape index (κ1) is 68.1. The molecule has 0 spiro atoms. The number of aliphatic hydroxyl groups is 5. The number of nitrogens with one attached hydrogen (secondary N) is 1. The summed E-state index contributed by atoms with van der Waals surface area (Å²) in [7, 11) is 0. The second-order valence-corrected chi connectivity index (χ2v) is 20.4. The van der Waals surface area contributed by atoms with Crippen LogP contribution in [0.3, 0.4) is 0 Å². The number of ether oxygens (including phenoxy) is 2. The Balaban J connectivity index is 2.11. The van der Waals surface area contributed by atoms with Gasteiger partial charge in [0.1, 0.15) is 24.4 Å². The minimum absolute atomic E-state index is 0.180. The van der Waals surface area contributed by atoms with Crippen LogP contribution in [-0.2, 0) is 14.3 Å². The molecule has 420 valence electrons. The van der Waals surface area contributed by atoms with E-state index in [0.29, 0.717) is 6.42 Å². The topological polar surface area (TPSA) is 149 Å².